The molecule has 1 spiro atoms. The van der Waals surface area contributed by atoms with E-state index in [1.165, 1.54) is 4.68 Å². The zero-order chi connectivity index (χ0) is 15.5. The summed E-state index contributed by atoms with van der Waals surface area (Å²) in [6, 6.07) is 0. The highest BCUT2D eigenvalue weighted by atomic mass is 32.2. The number of rotatable bonds is 4. The lowest BCUT2D eigenvalue weighted by atomic mass is 10.1. The van der Waals surface area contributed by atoms with Crippen molar-refractivity contribution in [3.63, 3.8) is 0 Å². The van der Waals surface area contributed by atoms with Crippen LogP contribution >= 0.6 is 23.5 Å². The number of hydrogen-bond acceptors (Lipinski definition) is 5. The first-order chi connectivity index (χ1) is 10.6. The molecule has 1 aliphatic heterocycles. The molecule has 1 aromatic heterocycles. The predicted octanol–water partition coefficient (Wildman–Crippen LogP) is 3.13. The summed E-state index contributed by atoms with van der Waals surface area (Å²) in [5.74, 6) is 2.23. The molecule has 2 atom stereocenters. The third kappa shape index (κ3) is 1.95. The van der Waals surface area contributed by atoms with E-state index in [0.717, 1.165) is 23.6 Å². The largest absolute Gasteiger partial charge is 0.465 e. The van der Waals surface area contributed by atoms with Crippen molar-refractivity contribution >= 4 is 29.5 Å². The number of ether oxygens (including phenoxy) is 1. The molecule has 22 heavy (non-hydrogen) atoms. The second-order valence-corrected chi connectivity index (χ2v) is 8.66. The fourth-order valence-electron chi connectivity index (χ4n) is 3.72. The summed E-state index contributed by atoms with van der Waals surface area (Å²) in [5.41, 5.74) is 1.44. The van der Waals surface area contributed by atoms with Gasteiger partial charge in [-0.05, 0) is 25.2 Å². The molecular weight excluding hydrogens is 330 g/mol. The number of carbonyl (C=O) groups is 1. The molecule has 4 rings (SSSR count). The second-order valence-electron chi connectivity index (χ2n) is 5.72. The van der Waals surface area contributed by atoms with Gasteiger partial charge in [0, 0.05) is 17.1 Å². The standard InChI is InChI=1S/C14H16F2N2O2S2/c1-2-20-9(19)6-18-12-10(11(17-18)13(15)16)7-5-8(7)14(12)21-3-4-22-14/h7-8,13H,2-6H2,1H3. The van der Waals surface area contributed by atoms with Gasteiger partial charge in [-0.15, -0.1) is 23.5 Å². The van der Waals surface area contributed by atoms with Crippen LogP contribution in [0.1, 0.15) is 42.6 Å². The SMILES string of the molecule is CCOC(=O)Cn1nc(C(F)F)c2c1C1(SCCS1)C1CC21. The minimum absolute atomic E-state index is 0.0782. The monoisotopic (exact) mass is 346 g/mol. The smallest absolute Gasteiger partial charge is 0.327 e. The van der Waals surface area contributed by atoms with E-state index in [1.807, 2.05) is 23.5 Å². The molecule has 3 aliphatic rings. The van der Waals surface area contributed by atoms with Crippen molar-refractivity contribution in [2.24, 2.45) is 5.92 Å². The van der Waals surface area contributed by atoms with Gasteiger partial charge in [-0.2, -0.15) is 5.10 Å². The number of carbonyl (C=O) groups excluding carboxylic acids is 1. The fourth-order valence-corrected chi connectivity index (χ4v) is 7.48. The summed E-state index contributed by atoms with van der Waals surface area (Å²) in [5, 5.41) is 4.09. The molecule has 0 N–H and O–H groups in total. The van der Waals surface area contributed by atoms with Gasteiger partial charge in [-0.25, -0.2) is 8.78 Å². The Morgan fingerprint density at radius 3 is 2.86 bits per heavy atom. The van der Waals surface area contributed by atoms with Crippen LogP contribution in [0.15, 0.2) is 0 Å². The van der Waals surface area contributed by atoms with Crippen LogP contribution in [0, 0.1) is 5.92 Å². The van der Waals surface area contributed by atoms with Crippen molar-refractivity contribution in [1.82, 2.24) is 9.78 Å². The van der Waals surface area contributed by atoms with Crippen molar-refractivity contribution in [2.45, 2.75) is 36.3 Å². The van der Waals surface area contributed by atoms with E-state index in [4.69, 9.17) is 4.74 Å². The van der Waals surface area contributed by atoms with Crippen molar-refractivity contribution in [2.75, 3.05) is 18.1 Å². The Bertz CT molecular complexity index is 629. The summed E-state index contributed by atoms with van der Waals surface area (Å²) in [6.45, 7) is 1.93. The van der Waals surface area contributed by atoms with Gasteiger partial charge in [0.15, 0.2) is 0 Å². The fraction of sp³-hybridized carbons (Fsp3) is 0.714. The van der Waals surface area contributed by atoms with Gasteiger partial charge < -0.3 is 4.74 Å². The molecule has 0 radical (unpaired) electrons. The molecule has 0 aromatic carbocycles. The molecule has 1 saturated heterocycles. The number of fused-ring (bicyclic) bond motifs is 5. The zero-order valence-corrected chi connectivity index (χ0v) is 13.7. The van der Waals surface area contributed by atoms with Crippen LogP contribution in [0.3, 0.4) is 0 Å². The first kappa shape index (κ1) is 14.8. The van der Waals surface area contributed by atoms with E-state index < -0.39 is 12.4 Å². The summed E-state index contributed by atoms with van der Waals surface area (Å²) in [4.78, 5) is 11.8. The number of thioether (sulfide) groups is 2. The molecule has 2 fully saturated rings. The maximum absolute atomic E-state index is 13.4. The first-order valence-electron chi connectivity index (χ1n) is 7.41. The topological polar surface area (TPSA) is 44.1 Å². The zero-order valence-electron chi connectivity index (χ0n) is 12.1. The Labute approximate surface area is 135 Å². The highest BCUT2D eigenvalue weighted by Gasteiger charge is 2.66. The molecule has 4 nitrogen and oxygen atoms in total. The lowest BCUT2D eigenvalue weighted by Crippen LogP contribution is -2.24. The molecule has 0 amide bonds. The molecule has 8 heteroatoms. The van der Waals surface area contributed by atoms with Crippen LogP contribution in [0.25, 0.3) is 0 Å². The highest BCUT2D eigenvalue weighted by Crippen LogP contribution is 2.75. The van der Waals surface area contributed by atoms with Crippen molar-refractivity contribution < 1.29 is 18.3 Å². The Morgan fingerprint density at radius 2 is 2.23 bits per heavy atom. The number of alkyl halides is 2. The molecular formula is C14H16F2N2O2S2. The van der Waals surface area contributed by atoms with E-state index in [9.17, 15) is 13.6 Å². The number of nitrogens with zero attached hydrogens (tertiary/aromatic N) is 2. The van der Waals surface area contributed by atoms with Crippen LogP contribution < -0.4 is 0 Å². The van der Waals surface area contributed by atoms with Crippen LogP contribution in [-0.2, 0) is 20.2 Å². The summed E-state index contributed by atoms with van der Waals surface area (Å²) in [7, 11) is 0. The maximum atomic E-state index is 13.4. The third-order valence-electron chi connectivity index (χ3n) is 4.50. The maximum Gasteiger partial charge on any atom is 0.327 e. The van der Waals surface area contributed by atoms with Gasteiger partial charge in [-0.1, -0.05) is 0 Å². The average molecular weight is 346 g/mol. The molecule has 2 heterocycles. The average Bonchev–Trinajstić information content (AvgIpc) is 2.87. The van der Waals surface area contributed by atoms with Gasteiger partial charge >= 0.3 is 5.97 Å². The van der Waals surface area contributed by atoms with Crippen molar-refractivity contribution in [3.8, 4) is 0 Å². The van der Waals surface area contributed by atoms with E-state index in [-0.39, 0.29) is 28.8 Å². The van der Waals surface area contributed by atoms with Crippen LogP contribution in [-0.4, -0.2) is 33.9 Å². The summed E-state index contributed by atoms with van der Waals surface area (Å²) < 4.78 is 33.0. The minimum atomic E-state index is -2.59. The van der Waals surface area contributed by atoms with Crippen LogP contribution in [0.4, 0.5) is 8.78 Å². The lowest BCUT2D eigenvalue weighted by molar-refractivity contribution is -0.144. The van der Waals surface area contributed by atoms with Gasteiger partial charge in [-0.3, -0.25) is 9.48 Å². The Kier molecular flexibility index (Phi) is 3.45. The molecule has 2 aliphatic carbocycles. The van der Waals surface area contributed by atoms with E-state index in [2.05, 4.69) is 5.10 Å². The van der Waals surface area contributed by atoms with Gasteiger partial charge in [0.1, 0.15) is 16.3 Å². The quantitative estimate of drug-likeness (QED) is 0.784. The Morgan fingerprint density at radius 1 is 1.50 bits per heavy atom. The number of aromatic nitrogens is 2. The number of esters is 1. The second kappa shape index (κ2) is 5.12. The lowest BCUT2D eigenvalue weighted by Gasteiger charge is -2.25. The highest BCUT2D eigenvalue weighted by molar-refractivity contribution is 8.20. The normalized spacial score (nSPS) is 27.3. The molecule has 1 saturated carbocycles. The van der Waals surface area contributed by atoms with E-state index >= 15 is 0 Å². The number of halogens is 2. The molecule has 1 aromatic rings. The van der Waals surface area contributed by atoms with Crippen molar-refractivity contribution in [3.05, 3.63) is 17.0 Å². The van der Waals surface area contributed by atoms with Crippen molar-refractivity contribution in [1.29, 1.82) is 0 Å². The van der Waals surface area contributed by atoms with Gasteiger partial charge in [0.2, 0.25) is 0 Å². The summed E-state index contributed by atoms with van der Waals surface area (Å²) >= 11 is 3.66. The Hall–Kier alpha value is -0.760. The van der Waals surface area contributed by atoms with Gasteiger partial charge in [0.25, 0.3) is 6.43 Å². The van der Waals surface area contributed by atoms with Crippen LogP contribution in [0.2, 0.25) is 0 Å². The number of hydrogen-bond donors (Lipinski definition) is 0. The van der Waals surface area contributed by atoms with E-state index in [1.54, 1.807) is 6.92 Å². The minimum Gasteiger partial charge on any atom is -0.465 e. The van der Waals surface area contributed by atoms with Gasteiger partial charge in [0.05, 0.1) is 12.3 Å². The summed E-state index contributed by atoms with van der Waals surface area (Å²) in [6.07, 6.45) is -1.62. The Balaban J connectivity index is 1.79. The first-order valence-corrected chi connectivity index (χ1v) is 9.38. The predicted molar refractivity (Wildman–Crippen MR) is 81.3 cm³/mol. The molecule has 0 bridgehead atoms. The molecule has 120 valence electrons. The third-order valence-corrected chi connectivity index (χ3v) is 8.14. The van der Waals surface area contributed by atoms with Crippen LogP contribution in [0.5, 0.6) is 0 Å². The molecule has 2 unspecified atom stereocenters. The van der Waals surface area contributed by atoms with E-state index in [0.29, 0.717) is 11.5 Å².